The maximum Gasteiger partial charge on any atom is 0.472 e. The van der Waals surface area contributed by atoms with E-state index in [1.54, 1.807) is 0 Å². The Bertz CT molecular complexity index is 1920. The van der Waals surface area contributed by atoms with Crippen LogP contribution in [0.15, 0.2) is 0 Å². The highest BCUT2D eigenvalue weighted by atomic mass is 31.2. The van der Waals surface area contributed by atoms with E-state index in [1.807, 2.05) is 0 Å². The van der Waals surface area contributed by atoms with Gasteiger partial charge in [-0.3, -0.25) is 37.3 Å². The first kappa shape index (κ1) is 96.1. The Kier molecular flexibility index (Phi) is 66.8. The molecule has 0 aromatic carbocycles. The molecule has 0 heterocycles. The highest BCUT2D eigenvalue weighted by molar-refractivity contribution is 7.47. The molecule has 0 aliphatic rings. The van der Waals surface area contributed by atoms with Gasteiger partial charge in [-0.25, -0.2) is 9.13 Å². The van der Waals surface area contributed by atoms with E-state index in [1.165, 1.54) is 199 Å². The van der Waals surface area contributed by atoms with Crippen molar-refractivity contribution >= 4 is 39.5 Å². The minimum atomic E-state index is -4.96. The standard InChI is InChI=1S/C79H154O17P2/c1-9-72(8)58-50-42-37-38-44-52-60-77(82)90-66-75(96-79(84)62-54-46-36-30-29-33-41-49-57-71(6)7)68-94-98(87,88)92-64-73(80)63-91-97(85,86)93-67-74(65-89-76(81)59-51-43-34-27-23-20-16-18-22-26-32-40-48-56-70(4)5)95-78(83)61-53-45-35-28-24-19-15-13-11-10-12-14-17-21-25-31-39-47-55-69(2)3/h69-75,80H,9-68H2,1-8H3,(H,85,86)(H,87,88)/t72?,73-,74-,75-/m1/s1. The first-order valence-electron chi connectivity index (χ1n) is 40.7. The second kappa shape index (κ2) is 68.2. The van der Waals surface area contributed by atoms with Gasteiger partial charge in [-0.05, 0) is 49.4 Å². The minimum absolute atomic E-state index is 0.103. The SMILES string of the molecule is CCC(C)CCCCCCCCC(=O)OC[C@H](COP(=O)(O)OC[C@H](O)COP(=O)(O)OC[C@@H](COC(=O)CCCCCCCCCCCCCCCC(C)C)OC(=O)CCCCCCCCCCCCCCCCCCCCC(C)C)OC(=O)CCCCCCCCCCC(C)C. The molecule has 3 N–H and O–H groups in total. The molecule has 17 nitrogen and oxygen atoms in total. The molecule has 19 heteroatoms. The van der Waals surface area contributed by atoms with E-state index < -0.39 is 97.5 Å². The summed E-state index contributed by atoms with van der Waals surface area (Å²) in [5.41, 5.74) is 0. The number of unbranched alkanes of at least 4 members (excludes halogenated alkanes) is 41. The summed E-state index contributed by atoms with van der Waals surface area (Å²) in [6.07, 6.45) is 54.3. The number of aliphatic hydroxyl groups is 1. The zero-order valence-electron chi connectivity index (χ0n) is 64.4. The fourth-order valence-electron chi connectivity index (χ4n) is 12.0. The number of phosphoric ester groups is 2. The molecule has 582 valence electrons. The average Bonchev–Trinajstić information content (AvgIpc) is 1.05. The molecule has 0 aliphatic heterocycles. The van der Waals surface area contributed by atoms with E-state index in [2.05, 4.69) is 55.4 Å². The van der Waals surface area contributed by atoms with Gasteiger partial charge in [0.25, 0.3) is 0 Å². The van der Waals surface area contributed by atoms with Crippen molar-refractivity contribution in [3.05, 3.63) is 0 Å². The summed E-state index contributed by atoms with van der Waals surface area (Å²) >= 11 is 0. The summed E-state index contributed by atoms with van der Waals surface area (Å²) in [7, 11) is -9.92. The number of esters is 4. The number of carbonyl (C=O) groups excluding carboxylic acids is 4. The summed E-state index contributed by atoms with van der Waals surface area (Å²) in [6.45, 7) is 14.2. The lowest BCUT2D eigenvalue weighted by Crippen LogP contribution is -2.30. The van der Waals surface area contributed by atoms with Gasteiger partial charge in [0.15, 0.2) is 12.2 Å². The lowest BCUT2D eigenvalue weighted by molar-refractivity contribution is -0.161. The molecule has 0 spiro atoms. The first-order chi connectivity index (χ1) is 47.1. The minimum Gasteiger partial charge on any atom is -0.462 e. The number of hydrogen-bond acceptors (Lipinski definition) is 15. The van der Waals surface area contributed by atoms with Crippen molar-refractivity contribution in [3.8, 4) is 0 Å². The summed E-state index contributed by atoms with van der Waals surface area (Å²) in [5, 5.41) is 10.6. The fraction of sp³-hybridized carbons (Fsp3) is 0.949. The maximum absolute atomic E-state index is 13.1. The molecule has 0 fully saturated rings. The average molecular weight is 1440 g/mol. The largest absolute Gasteiger partial charge is 0.472 e. The smallest absolute Gasteiger partial charge is 0.462 e. The Hall–Kier alpha value is -1.94. The molecule has 0 aliphatic carbocycles. The van der Waals surface area contributed by atoms with Crippen molar-refractivity contribution in [2.75, 3.05) is 39.6 Å². The van der Waals surface area contributed by atoms with Crippen molar-refractivity contribution in [3.63, 3.8) is 0 Å². The third-order valence-corrected chi connectivity index (χ3v) is 20.6. The predicted octanol–water partition coefficient (Wildman–Crippen LogP) is 23.2. The van der Waals surface area contributed by atoms with Crippen molar-refractivity contribution in [1.82, 2.24) is 0 Å². The van der Waals surface area contributed by atoms with Crippen molar-refractivity contribution < 1.29 is 80.2 Å². The molecule has 0 aromatic heterocycles. The van der Waals surface area contributed by atoms with Crippen LogP contribution in [0.3, 0.4) is 0 Å². The lowest BCUT2D eigenvalue weighted by atomic mass is 10.00. The Morgan fingerprint density at radius 2 is 0.490 bits per heavy atom. The Labute approximate surface area is 600 Å². The molecule has 0 aromatic rings. The summed E-state index contributed by atoms with van der Waals surface area (Å²) in [6, 6.07) is 0. The van der Waals surface area contributed by atoms with Crippen LogP contribution in [0.1, 0.15) is 402 Å². The van der Waals surface area contributed by atoms with Gasteiger partial charge in [-0.1, -0.05) is 351 Å². The molecule has 6 atom stereocenters. The second-order valence-corrected chi connectivity index (χ2v) is 33.0. The first-order valence-corrected chi connectivity index (χ1v) is 43.7. The molecule has 0 saturated carbocycles. The molecule has 0 saturated heterocycles. The van der Waals surface area contributed by atoms with Gasteiger partial charge in [0.1, 0.15) is 19.3 Å². The Morgan fingerprint density at radius 1 is 0.286 bits per heavy atom. The molecule has 0 radical (unpaired) electrons. The molecule has 3 unspecified atom stereocenters. The van der Waals surface area contributed by atoms with E-state index in [0.29, 0.717) is 25.7 Å². The Morgan fingerprint density at radius 3 is 0.724 bits per heavy atom. The predicted molar refractivity (Wildman–Crippen MR) is 400 cm³/mol. The van der Waals surface area contributed by atoms with Crippen LogP contribution < -0.4 is 0 Å². The van der Waals surface area contributed by atoms with E-state index in [0.717, 1.165) is 120 Å². The fourth-order valence-corrected chi connectivity index (χ4v) is 13.6. The maximum atomic E-state index is 13.1. The number of phosphoric acid groups is 2. The number of hydrogen-bond donors (Lipinski definition) is 3. The quantitative estimate of drug-likeness (QED) is 0.0222. The third kappa shape index (κ3) is 71.1. The van der Waals surface area contributed by atoms with Crippen LogP contribution in [0, 0.1) is 23.7 Å². The van der Waals surface area contributed by atoms with Crippen molar-refractivity contribution in [2.45, 2.75) is 420 Å². The van der Waals surface area contributed by atoms with E-state index >= 15 is 0 Å². The van der Waals surface area contributed by atoms with Gasteiger partial charge in [0.2, 0.25) is 0 Å². The highest BCUT2D eigenvalue weighted by Crippen LogP contribution is 2.45. The molecule has 0 amide bonds. The topological polar surface area (TPSA) is 237 Å². The van der Waals surface area contributed by atoms with Crippen molar-refractivity contribution in [1.29, 1.82) is 0 Å². The summed E-state index contributed by atoms with van der Waals surface area (Å²) < 4.78 is 68.6. The van der Waals surface area contributed by atoms with E-state index in [-0.39, 0.29) is 25.7 Å². The van der Waals surface area contributed by atoms with Crippen molar-refractivity contribution in [2.24, 2.45) is 23.7 Å². The van der Waals surface area contributed by atoms with Gasteiger partial charge >= 0.3 is 39.5 Å². The van der Waals surface area contributed by atoms with Crippen LogP contribution in [-0.4, -0.2) is 96.7 Å². The van der Waals surface area contributed by atoms with Crippen LogP contribution in [0.5, 0.6) is 0 Å². The van der Waals surface area contributed by atoms with Crippen LogP contribution in [0.4, 0.5) is 0 Å². The van der Waals surface area contributed by atoms with Gasteiger partial charge in [0, 0.05) is 25.7 Å². The van der Waals surface area contributed by atoms with Gasteiger partial charge < -0.3 is 33.8 Å². The number of rotatable bonds is 76. The number of aliphatic hydroxyl groups excluding tert-OH is 1. The van der Waals surface area contributed by atoms with Gasteiger partial charge in [-0.15, -0.1) is 0 Å². The molecule has 0 bridgehead atoms. The molecule has 98 heavy (non-hydrogen) atoms. The zero-order chi connectivity index (χ0) is 72.4. The van der Waals surface area contributed by atoms with Crippen LogP contribution >= 0.6 is 15.6 Å². The molecule has 0 rings (SSSR count). The van der Waals surface area contributed by atoms with Crippen LogP contribution in [-0.2, 0) is 65.4 Å². The van der Waals surface area contributed by atoms with E-state index in [9.17, 15) is 43.2 Å². The summed E-state index contributed by atoms with van der Waals surface area (Å²) in [5.74, 6) is 0.941. The second-order valence-electron chi connectivity index (χ2n) is 30.1. The molecular formula is C79H154O17P2. The van der Waals surface area contributed by atoms with Gasteiger partial charge in [0.05, 0.1) is 26.4 Å². The number of ether oxygens (including phenoxy) is 4. The lowest BCUT2D eigenvalue weighted by Gasteiger charge is -2.21. The van der Waals surface area contributed by atoms with Crippen LogP contribution in [0.25, 0.3) is 0 Å². The monoisotopic (exact) mass is 1440 g/mol. The summed E-state index contributed by atoms with van der Waals surface area (Å²) in [4.78, 5) is 72.9. The number of carbonyl (C=O) groups is 4. The normalized spacial score (nSPS) is 14.3. The highest BCUT2D eigenvalue weighted by Gasteiger charge is 2.30. The molecular weight excluding hydrogens is 1280 g/mol. The zero-order valence-corrected chi connectivity index (χ0v) is 66.2. The Balaban J connectivity index is 5.22. The van der Waals surface area contributed by atoms with Gasteiger partial charge in [-0.2, -0.15) is 0 Å². The third-order valence-electron chi connectivity index (χ3n) is 18.7. The van der Waals surface area contributed by atoms with E-state index in [4.69, 9.17) is 37.0 Å². The van der Waals surface area contributed by atoms with Crippen LogP contribution in [0.2, 0.25) is 0 Å².